The Labute approximate surface area is 110 Å². The number of hydrogen-bond acceptors (Lipinski definition) is 4. The van der Waals surface area contributed by atoms with E-state index >= 15 is 0 Å². The van der Waals surface area contributed by atoms with Crippen molar-refractivity contribution in [2.45, 2.75) is 30.5 Å². The fourth-order valence-electron chi connectivity index (χ4n) is 1.49. The van der Waals surface area contributed by atoms with Gasteiger partial charge in [-0.2, -0.15) is 0 Å². The molecule has 0 N–H and O–H groups in total. The fourth-order valence-corrected chi connectivity index (χ4v) is 2.95. The molecule has 3 nitrogen and oxygen atoms in total. The van der Waals surface area contributed by atoms with E-state index in [1.54, 1.807) is 18.0 Å². The smallest absolute Gasteiger partial charge is 0.137 e. The summed E-state index contributed by atoms with van der Waals surface area (Å²) in [5.41, 5.74) is 1.01. The Morgan fingerprint density at radius 1 is 1.41 bits per heavy atom. The summed E-state index contributed by atoms with van der Waals surface area (Å²) in [6, 6.07) is 3.83. The van der Waals surface area contributed by atoms with Gasteiger partial charge in [0, 0.05) is 5.56 Å². The highest BCUT2D eigenvalue weighted by molar-refractivity contribution is 7.98. The van der Waals surface area contributed by atoms with Crippen molar-refractivity contribution >= 4 is 23.4 Å². The first-order valence-electron chi connectivity index (χ1n) is 5.34. The molecule has 0 unspecified atom stereocenters. The predicted octanol–water partition coefficient (Wildman–Crippen LogP) is 4.14. The van der Waals surface area contributed by atoms with E-state index in [0.717, 1.165) is 22.1 Å². The van der Waals surface area contributed by atoms with Gasteiger partial charge >= 0.3 is 0 Å². The van der Waals surface area contributed by atoms with Gasteiger partial charge in [0.05, 0.1) is 12.0 Å². The lowest BCUT2D eigenvalue weighted by atomic mass is 10.1. The third-order valence-corrected chi connectivity index (χ3v) is 3.64. The van der Waals surface area contributed by atoms with Crippen molar-refractivity contribution in [3.63, 3.8) is 0 Å². The highest BCUT2D eigenvalue weighted by atomic mass is 35.5. The lowest BCUT2D eigenvalue weighted by Crippen LogP contribution is -1.98. The molecule has 0 aliphatic carbocycles. The summed E-state index contributed by atoms with van der Waals surface area (Å²) in [4.78, 5) is 8.31. The first-order valence-corrected chi connectivity index (χ1v) is 6.70. The quantitative estimate of drug-likeness (QED) is 0.617. The molecule has 5 heteroatoms. The Kier molecular flexibility index (Phi) is 4.07. The predicted molar refractivity (Wildman–Crippen MR) is 69.4 cm³/mol. The largest absolute Gasteiger partial charge is 0.468 e. The van der Waals surface area contributed by atoms with Crippen molar-refractivity contribution in [1.82, 2.24) is 9.97 Å². The van der Waals surface area contributed by atoms with Crippen molar-refractivity contribution in [3.8, 4) is 0 Å². The molecule has 0 atom stereocenters. The average Bonchev–Trinajstić information content (AvgIpc) is 2.78. The Morgan fingerprint density at radius 2 is 2.24 bits per heavy atom. The molecule has 0 spiro atoms. The number of rotatable bonds is 4. The van der Waals surface area contributed by atoms with E-state index in [2.05, 4.69) is 23.8 Å². The Morgan fingerprint density at radius 3 is 2.88 bits per heavy atom. The summed E-state index contributed by atoms with van der Waals surface area (Å²) in [5, 5.41) is 1.47. The molecule has 0 aliphatic rings. The molecule has 0 aromatic carbocycles. The number of halogens is 1. The number of aromatic nitrogens is 2. The highest BCUT2D eigenvalue weighted by Gasteiger charge is 2.14. The van der Waals surface area contributed by atoms with Crippen LogP contribution in [0, 0.1) is 0 Å². The monoisotopic (exact) mass is 268 g/mol. The van der Waals surface area contributed by atoms with Gasteiger partial charge in [0.15, 0.2) is 0 Å². The maximum Gasteiger partial charge on any atom is 0.137 e. The van der Waals surface area contributed by atoms with Gasteiger partial charge in [-0.3, -0.25) is 0 Å². The van der Waals surface area contributed by atoms with E-state index in [1.807, 2.05) is 12.1 Å². The molecule has 0 saturated carbocycles. The molecule has 90 valence electrons. The van der Waals surface area contributed by atoms with Crippen LogP contribution in [0.4, 0.5) is 0 Å². The van der Waals surface area contributed by atoms with Crippen LogP contribution >= 0.6 is 23.4 Å². The van der Waals surface area contributed by atoms with Crippen LogP contribution in [0.3, 0.4) is 0 Å². The number of furan rings is 1. The molecule has 2 aromatic rings. The first kappa shape index (κ1) is 12.5. The van der Waals surface area contributed by atoms with Crippen LogP contribution in [0.1, 0.15) is 31.1 Å². The fraction of sp³-hybridized carbons (Fsp3) is 0.333. The second-order valence-electron chi connectivity index (χ2n) is 3.91. The second-order valence-corrected chi connectivity index (χ2v) is 5.23. The van der Waals surface area contributed by atoms with Gasteiger partial charge in [0.2, 0.25) is 0 Å². The van der Waals surface area contributed by atoms with Gasteiger partial charge in [-0.05, 0) is 18.1 Å². The lowest BCUT2D eigenvalue weighted by molar-refractivity contribution is 0.530. The summed E-state index contributed by atoms with van der Waals surface area (Å²) in [5.74, 6) is 1.99. The Hall–Kier alpha value is -1.00. The van der Waals surface area contributed by atoms with Crippen LogP contribution in [-0.2, 0) is 5.75 Å². The molecule has 2 rings (SSSR count). The molecule has 0 amide bonds. The van der Waals surface area contributed by atoms with Crippen LogP contribution in [0.15, 0.2) is 34.2 Å². The van der Waals surface area contributed by atoms with E-state index in [4.69, 9.17) is 16.0 Å². The summed E-state index contributed by atoms with van der Waals surface area (Å²) < 4.78 is 5.29. The molecule has 17 heavy (non-hydrogen) atoms. The summed E-state index contributed by atoms with van der Waals surface area (Å²) in [6.45, 7) is 4.17. The zero-order valence-electron chi connectivity index (χ0n) is 9.68. The Bertz CT molecular complexity index is 485. The molecule has 0 radical (unpaired) electrons. The molecular weight excluding hydrogens is 256 g/mol. The topological polar surface area (TPSA) is 38.9 Å². The molecule has 0 fully saturated rings. The highest BCUT2D eigenvalue weighted by Crippen LogP contribution is 2.32. The summed E-state index contributed by atoms with van der Waals surface area (Å²) in [6.07, 6.45) is 3.17. The zero-order chi connectivity index (χ0) is 12.3. The summed E-state index contributed by atoms with van der Waals surface area (Å²) >= 11 is 7.72. The van der Waals surface area contributed by atoms with E-state index in [1.165, 1.54) is 6.33 Å². The molecular formula is C12H13ClN2OS. The van der Waals surface area contributed by atoms with Crippen molar-refractivity contribution in [1.29, 1.82) is 0 Å². The van der Waals surface area contributed by atoms with Gasteiger partial charge in [0.1, 0.15) is 22.3 Å². The van der Waals surface area contributed by atoms with E-state index < -0.39 is 0 Å². The minimum atomic E-state index is 0.308. The molecule has 0 aliphatic heterocycles. The minimum absolute atomic E-state index is 0.308. The first-order chi connectivity index (χ1) is 8.18. The normalized spacial score (nSPS) is 11.1. The number of thioether (sulfide) groups is 1. The standard InChI is InChI=1S/C12H13ClN2OS/c1-8(2)10-11(13)14-7-15-12(10)17-6-9-4-3-5-16-9/h3-5,7-8H,6H2,1-2H3. The van der Waals surface area contributed by atoms with E-state index in [0.29, 0.717) is 11.1 Å². The van der Waals surface area contributed by atoms with Gasteiger partial charge in [-0.1, -0.05) is 37.2 Å². The maximum atomic E-state index is 6.10. The maximum absolute atomic E-state index is 6.10. The van der Waals surface area contributed by atoms with Crippen molar-refractivity contribution < 1.29 is 4.42 Å². The third-order valence-electron chi connectivity index (χ3n) is 2.31. The van der Waals surface area contributed by atoms with Crippen molar-refractivity contribution in [2.75, 3.05) is 0 Å². The second kappa shape index (κ2) is 5.56. The molecule has 0 bridgehead atoms. The summed E-state index contributed by atoms with van der Waals surface area (Å²) in [7, 11) is 0. The van der Waals surface area contributed by atoms with Crippen molar-refractivity contribution in [2.24, 2.45) is 0 Å². The third kappa shape index (κ3) is 3.01. The van der Waals surface area contributed by atoms with Gasteiger partial charge in [-0.15, -0.1) is 0 Å². The van der Waals surface area contributed by atoms with Crippen LogP contribution in [0.2, 0.25) is 5.15 Å². The molecule has 2 aromatic heterocycles. The molecule has 0 saturated heterocycles. The molecule has 2 heterocycles. The van der Waals surface area contributed by atoms with Crippen LogP contribution in [0.5, 0.6) is 0 Å². The average molecular weight is 269 g/mol. The zero-order valence-corrected chi connectivity index (χ0v) is 11.3. The van der Waals surface area contributed by atoms with Gasteiger partial charge in [-0.25, -0.2) is 9.97 Å². The Balaban J connectivity index is 2.18. The van der Waals surface area contributed by atoms with Gasteiger partial charge in [0.25, 0.3) is 0 Å². The van der Waals surface area contributed by atoms with Crippen molar-refractivity contribution in [3.05, 3.63) is 41.2 Å². The van der Waals surface area contributed by atoms with E-state index in [9.17, 15) is 0 Å². The van der Waals surface area contributed by atoms with Crippen LogP contribution in [-0.4, -0.2) is 9.97 Å². The lowest BCUT2D eigenvalue weighted by Gasteiger charge is -2.11. The SMILES string of the molecule is CC(C)c1c(Cl)ncnc1SCc1ccco1. The van der Waals surface area contributed by atoms with Crippen LogP contribution < -0.4 is 0 Å². The van der Waals surface area contributed by atoms with E-state index in [-0.39, 0.29) is 0 Å². The number of nitrogens with zero attached hydrogens (tertiary/aromatic N) is 2. The van der Waals surface area contributed by atoms with Gasteiger partial charge < -0.3 is 4.42 Å². The minimum Gasteiger partial charge on any atom is -0.468 e. The van der Waals surface area contributed by atoms with Crippen LogP contribution in [0.25, 0.3) is 0 Å². The number of hydrogen-bond donors (Lipinski definition) is 0.